The van der Waals surface area contributed by atoms with E-state index in [9.17, 15) is 13.5 Å². The van der Waals surface area contributed by atoms with E-state index in [-0.39, 0.29) is 6.61 Å². The first-order valence-corrected chi connectivity index (χ1v) is 8.65. The lowest BCUT2D eigenvalue weighted by atomic mass is 10.0. The van der Waals surface area contributed by atoms with Crippen LogP contribution in [-0.2, 0) is 23.1 Å². The molecule has 0 saturated carbocycles. The maximum absolute atomic E-state index is 12.6. The van der Waals surface area contributed by atoms with Crippen LogP contribution < -0.4 is 0 Å². The van der Waals surface area contributed by atoms with Gasteiger partial charge in [-0.25, -0.2) is 8.42 Å². The number of aryl methyl sites for hydroxylation is 1. The van der Waals surface area contributed by atoms with Crippen LogP contribution in [0.1, 0.15) is 37.8 Å². The highest BCUT2D eigenvalue weighted by Gasteiger charge is 2.28. The van der Waals surface area contributed by atoms with Crippen molar-refractivity contribution in [2.45, 2.75) is 44.6 Å². The molecule has 1 saturated heterocycles. The fraction of sp³-hybridized carbons (Fsp3) is 0.600. The first-order valence-electron chi connectivity index (χ1n) is 7.21. The van der Waals surface area contributed by atoms with E-state index in [1.54, 1.807) is 16.4 Å². The summed E-state index contributed by atoms with van der Waals surface area (Å²) in [5.41, 5.74) is 1.71. The van der Waals surface area contributed by atoms with E-state index in [1.165, 1.54) is 0 Å². The Morgan fingerprint density at radius 2 is 1.90 bits per heavy atom. The third-order valence-corrected chi connectivity index (χ3v) is 6.00. The number of benzene rings is 1. The molecule has 0 spiro atoms. The van der Waals surface area contributed by atoms with Gasteiger partial charge in [0.1, 0.15) is 0 Å². The highest BCUT2D eigenvalue weighted by molar-refractivity contribution is 7.89. The van der Waals surface area contributed by atoms with E-state index < -0.39 is 10.0 Å². The van der Waals surface area contributed by atoms with Crippen molar-refractivity contribution < 1.29 is 13.5 Å². The quantitative estimate of drug-likeness (QED) is 0.926. The summed E-state index contributed by atoms with van der Waals surface area (Å²) in [6, 6.07) is 5.09. The first-order chi connectivity index (χ1) is 9.48. The number of piperidine rings is 1. The highest BCUT2D eigenvalue weighted by atomic mass is 32.2. The molecule has 4 nitrogen and oxygen atoms in total. The average Bonchev–Trinajstić information content (AvgIpc) is 2.46. The summed E-state index contributed by atoms with van der Waals surface area (Å²) >= 11 is 0. The molecule has 20 heavy (non-hydrogen) atoms. The Balaban J connectivity index is 2.30. The van der Waals surface area contributed by atoms with Gasteiger partial charge in [-0.2, -0.15) is 4.31 Å². The lowest BCUT2D eigenvalue weighted by Crippen LogP contribution is -2.37. The van der Waals surface area contributed by atoms with Crippen molar-refractivity contribution in [2.75, 3.05) is 13.1 Å². The molecule has 0 radical (unpaired) electrons. The van der Waals surface area contributed by atoms with E-state index in [1.807, 2.05) is 13.0 Å². The zero-order valence-corrected chi connectivity index (χ0v) is 13.0. The molecule has 1 heterocycles. The van der Waals surface area contributed by atoms with Gasteiger partial charge in [-0.05, 0) is 48.4 Å². The molecule has 2 rings (SSSR count). The van der Waals surface area contributed by atoms with Crippen molar-refractivity contribution in [2.24, 2.45) is 5.92 Å². The van der Waals surface area contributed by atoms with Crippen molar-refractivity contribution in [1.29, 1.82) is 0 Å². The van der Waals surface area contributed by atoms with Gasteiger partial charge in [0.25, 0.3) is 0 Å². The minimum absolute atomic E-state index is 0.121. The van der Waals surface area contributed by atoms with Crippen LogP contribution >= 0.6 is 0 Å². The molecule has 0 atom stereocenters. The Labute approximate surface area is 121 Å². The molecule has 112 valence electrons. The summed E-state index contributed by atoms with van der Waals surface area (Å²) in [6.07, 6.45) is 2.62. The zero-order valence-electron chi connectivity index (χ0n) is 12.2. The third-order valence-electron chi connectivity index (χ3n) is 4.11. The number of rotatable bonds is 4. The summed E-state index contributed by atoms with van der Waals surface area (Å²) in [4.78, 5) is 0.299. The van der Waals surface area contributed by atoms with Crippen molar-refractivity contribution in [3.63, 3.8) is 0 Å². The summed E-state index contributed by atoms with van der Waals surface area (Å²) < 4.78 is 26.8. The van der Waals surface area contributed by atoms with Gasteiger partial charge in [-0.15, -0.1) is 0 Å². The standard InChI is InChI=1S/C15H23NO3S/c1-3-13-4-5-15(10-14(13)11-17)20(18,19)16-8-6-12(2)7-9-16/h4-5,10,12,17H,3,6-9,11H2,1-2H3. The van der Waals surface area contributed by atoms with E-state index in [4.69, 9.17) is 0 Å². The van der Waals surface area contributed by atoms with Gasteiger partial charge < -0.3 is 5.11 Å². The second kappa shape index (κ2) is 6.24. The summed E-state index contributed by atoms with van der Waals surface area (Å²) in [6.45, 7) is 5.21. The van der Waals surface area contributed by atoms with E-state index >= 15 is 0 Å². The van der Waals surface area contributed by atoms with Crippen LogP contribution in [0.5, 0.6) is 0 Å². The van der Waals surface area contributed by atoms with Crippen LogP contribution in [0, 0.1) is 5.92 Å². The van der Waals surface area contributed by atoms with E-state index in [0.717, 1.165) is 24.8 Å². The fourth-order valence-corrected chi connectivity index (χ4v) is 4.15. The maximum Gasteiger partial charge on any atom is 0.243 e. The molecule has 1 aromatic rings. The van der Waals surface area contributed by atoms with Gasteiger partial charge in [0.2, 0.25) is 10.0 Å². The minimum atomic E-state index is -3.42. The maximum atomic E-state index is 12.6. The zero-order chi connectivity index (χ0) is 14.8. The molecule has 1 aliphatic rings. The molecular weight excluding hydrogens is 274 g/mol. The second-order valence-corrected chi connectivity index (χ2v) is 7.47. The number of hydrogen-bond donors (Lipinski definition) is 1. The van der Waals surface area contributed by atoms with Crippen LogP contribution in [-0.4, -0.2) is 30.9 Å². The molecule has 0 aliphatic carbocycles. The molecule has 0 unspecified atom stereocenters. The third kappa shape index (κ3) is 3.05. The van der Waals surface area contributed by atoms with Gasteiger partial charge >= 0.3 is 0 Å². The molecule has 1 N–H and O–H groups in total. The molecule has 0 aromatic heterocycles. The molecule has 1 aromatic carbocycles. The van der Waals surface area contributed by atoms with Gasteiger partial charge in [0.15, 0.2) is 0 Å². The van der Waals surface area contributed by atoms with Crippen LogP contribution in [0.15, 0.2) is 23.1 Å². The Kier molecular flexibility index (Phi) is 4.83. The highest BCUT2D eigenvalue weighted by Crippen LogP contribution is 2.25. The van der Waals surface area contributed by atoms with Gasteiger partial charge in [0.05, 0.1) is 11.5 Å². The van der Waals surface area contributed by atoms with Gasteiger partial charge in [0, 0.05) is 13.1 Å². The van der Waals surface area contributed by atoms with Crippen LogP contribution in [0.2, 0.25) is 0 Å². The van der Waals surface area contributed by atoms with Crippen molar-refractivity contribution in [3.05, 3.63) is 29.3 Å². The summed E-state index contributed by atoms with van der Waals surface area (Å²) in [5, 5.41) is 9.38. The predicted molar refractivity (Wildman–Crippen MR) is 78.9 cm³/mol. The van der Waals surface area contributed by atoms with Gasteiger partial charge in [-0.3, -0.25) is 0 Å². The second-order valence-electron chi connectivity index (χ2n) is 5.53. The van der Waals surface area contributed by atoms with Gasteiger partial charge in [-0.1, -0.05) is 19.9 Å². The number of hydrogen-bond acceptors (Lipinski definition) is 3. The Bertz CT molecular complexity index is 560. The normalized spacial score (nSPS) is 18.4. The summed E-state index contributed by atoms with van der Waals surface area (Å²) in [7, 11) is -3.42. The average molecular weight is 297 g/mol. The predicted octanol–water partition coefficient (Wildman–Crippen LogP) is 2.16. The van der Waals surface area contributed by atoms with E-state index in [2.05, 4.69) is 6.92 Å². The SMILES string of the molecule is CCc1ccc(S(=O)(=O)N2CCC(C)CC2)cc1CO. The Hall–Kier alpha value is -0.910. The summed E-state index contributed by atoms with van der Waals surface area (Å²) in [5.74, 6) is 0.594. The molecule has 1 aliphatic heterocycles. The fourth-order valence-electron chi connectivity index (χ4n) is 2.63. The van der Waals surface area contributed by atoms with E-state index in [0.29, 0.717) is 29.5 Å². The minimum Gasteiger partial charge on any atom is -0.392 e. The van der Waals surface area contributed by atoms with Crippen LogP contribution in [0.3, 0.4) is 0 Å². The molecular formula is C15H23NO3S. The lowest BCUT2D eigenvalue weighted by Gasteiger charge is -2.29. The number of aliphatic hydroxyl groups excluding tert-OH is 1. The van der Waals surface area contributed by atoms with Crippen molar-refractivity contribution in [1.82, 2.24) is 4.31 Å². The van der Waals surface area contributed by atoms with Crippen LogP contribution in [0.25, 0.3) is 0 Å². The Morgan fingerprint density at radius 3 is 2.45 bits per heavy atom. The molecule has 0 bridgehead atoms. The molecule has 0 amide bonds. The molecule has 5 heteroatoms. The lowest BCUT2D eigenvalue weighted by molar-refractivity contribution is 0.280. The molecule has 1 fully saturated rings. The smallest absolute Gasteiger partial charge is 0.243 e. The van der Waals surface area contributed by atoms with Crippen molar-refractivity contribution in [3.8, 4) is 0 Å². The first kappa shape index (κ1) is 15.5. The largest absolute Gasteiger partial charge is 0.392 e. The number of aliphatic hydroxyl groups is 1. The Morgan fingerprint density at radius 1 is 1.25 bits per heavy atom. The van der Waals surface area contributed by atoms with Crippen LogP contribution in [0.4, 0.5) is 0 Å². The topological polar surface area (TPSA) is 57.6 Å². The monoisotopic (exact) mass is 297 g/mol. The number of sulfonamides is 1. The number of nitrogens with zero attached hydrogens (tertiary/aromatic N) is 1. The van der Waals surface area contributed by atoms with Crippen molar-refractivity contribution >= 4 is 10.0 Å².